The molecule has 0 aliphatic heterocycles. The summed E-state index contributed by atoms with van der Waals surface area (Å²) in [5.74, 6) is 0. The van der Waals surface area contributed by atoms with E-state index in [1.165, 1.54) is 0 Å². The van der Waals surface area contributed by atoms with E-state index < -0.39 is 5.09 Å². The summed E-state index contributed by atoms with van der Waals surface area (Å²) in [5, 5.41) is 14.8. The zero-order valence-corrected chi connectivity index (χ0v) is 7.23. The van der Waals surface area contributed by atoms with Crippen LogP contribution in [0.5, 0.6) is 0 Å². The van der Waals surface area contributed by atoms with Gasteiger partial charge in [-0.3, -0.25) is 0 Å². The summed E-state index contributed by atoms with van der Waals surface area (Å²) in [6.07, 6.45) is 0. The van der Waals surface area contributed by atoms with E-state index in [-0.39, 0.29) is 0 Å². The van der Waals surface area contributed by atoms with Gasteiger partial charge >= 0.3 is 0 Å². The number of quaternary nitrogens is 1. The number of hydrogen-bond acceptors (Lipinski definition) is 4. The van der Waals surface area contributed by atoms with Gasteiger partial charge in [0.2, 0.25) is 0 Å². The molecule has 0 spiro atoms. The van der Waals surface area contributed by atoms with Crippen LogP contribution < -0.4 is 0 Å². The molecule has 0 saturated carbocycles. The highest BCUT2D eigenvalue weighted by molar-refractivity contribution is 4.03. The zero-order valence-electron chi connectivity index (χ0n) is 7.23. The molecule has 0 aromatic rings. The van der Waals surface area contributed by atoms with Crippen molar-refractivity contribution < 1.29 is 14.6 Å². The van der Waals surface area contributed by atoms with Crippen LogP contribution in [0.15, 0.2) is 0 Å². The molecule has 6 nitrogen and oxygen atoms in total. The maximum absolute atomic E-state index is 8.25. The third-order valence-electron chi connectivity index (χ3n) is 0.516. The summed E-state index contributed by atoms with van der Waals surface area (Å²) in [6, 6.07) is 0. The fourth-order valence-corrected chi connectivity index (χ4v) is 0.387. The summed E-state index contributed by atoms with van der Waals surface area (Å²) in [4.78, 5) is 13.4. The molecule has 0 amide bonds. The standard InChI is InChI=1S/C5H14NO.NO3/c1-5-7-6(2,3)4;2-1(3)4/h5H2,1-4H3;/q+1;-1. The second kappa shape index (κ2) is 5.87. The van der Waals surface area contributed by atoms with Gasteiger partial charge in [-0.05, 0) is 6.92 Å². The first-order chi connectivity index (χ1) is 4.79. The molecule has 0 bridgehead atoms. The largest absolute Gasteiger partial charge is 0.356 e. The molecule has 11 heavy (non-hydrogen) atoms. The Labute approximate surface area is 65.6 Å². The minimum absolute atomic E-state index is 0.594. The second-order valence-corrected chi connectivity index (χ2v) is 2.53. The third-order valence-corrected chi connectivity index (χ3v) is 0.516. The highest BCUT2D eigenvalue weighted by atomic mass is 16.9. The quantitative estimate of drug-likeness (QED) is 0.338. The fourth-order valence-electron chi connectivity index (χ4n) is 0.387. The van der Waals surface area contributed by atoms with Crippen LogP contribution in [0.3, 0.4) is 0 Å². The van der Waals surface area contributed by atoms with Crippen molar-refractivity contribution in [1.29, 1.82) is 0 Å². The first-order valence-electron chi connectivity index (χ1n) is 3.07. The molecule has 0 rings (SSSR count). The van der Waals surface area contributed by atoms with E-state index in [0.29, 0.717) is 4.65 Å². The molecular weight excluding hydrogens is 152 g/mol. The van der Waals surface area contributed by atoms with Gasteiger partial charge in [0.25, 0.3) is 0 Å². The van der Waals surface area contributed by atoms with E-state index >= 15 is 0 Å². The average Bonchev–Trinajstić information content (AvgIpc) is 1.58. The van der Waals surface area contributed by atoms with Crippen molar-refractivity contribution in [3.8, 4) is 0 Å². The van der Waals surface area contributed by atoms with E-state index in [2.05, 4.69) is 0 Å². The minimum Gasteiger partial charge on any atom is -0.356 e. The Bertz CT molecular complexity index is 106. The topological polar surface area (TPSA) is 75.4 Å². The van der Waals surface area contributed by atoms with Crippen LogP contribution in [0, 0.1) is 15.3 Å². The first kappa shape index (κ1) is 12.8. The Morgan fingerprint density at radius 3 is 1.64 bits per heavy atom. The molecule has 0 aromatic carbocycles. The van der Waals surface area contributed by atoms with Crippen LogP contribution in [0.25, 0.3) is 0 Å². The van der Waals surface area contributed by atoms with Gasteiger partial charge in [0.15, 0.2) is 0 Å². The smallest absolute Gasteiger partial charge is 0.103 e. The lowest BCUT2D eigenvalue weighted by atomic mass is 10.9. The van der Waals surface area contributed by atoms with E-state index in [1.54, 1.807) is 0 Å². The Balaban J connectivity index is 0. The highest BCUT2D eigenvalue weighted by Gasteiger charge is 2.03. The summed E-state index contributed by atoms with van der Waals surface area (Å²) in [6.45, 7) is 2.77. The third kappa shape index (κ3) is 47.5. The van der Waals surface area contributed by atoms with Gasteiger partial charge < -0.3 is 15.3 Å². The van der Waals surface area contributed by atoms with Crippen molar-refractivity contribution >= 4 is 0 Å². The number of rotatable bonds is 2. The van der Waals surface area contributed by atoms with Gasteiger partial charge in [0.1, 0.15) is 6.61 Å². The summed E-state index contributed by atoms with van der Waals surface area (Å²) in [5.41, 5.74) is 0. The van der Waals surface area contributed by atoms with Crippen molar-refractivity contribution in [2.45, 2.75) is 6.92 Å². The zero-order chi connectivity index (χ0) is 9.49. The second-order valence-electron chi connectivity index (χ2n) is 2.53. The van der Waals surface area contributed by atoms with Crippen molar-refractivity contribution in [2.24, 2.45) is 0 Å². The van der Waals surface area contributed by atoms with Crippen LogP contribution in [0.2, 0.25) is 0 Å². The van der Waals surface area contributed by atoms with Crippen molar-refractivity contribution in [2.75, 3.05) is 27.7 Å². The molecule has 0 aliphatic rings. The molecule has 0 aliphatic carbocycles. The lowest BCUT2D eigenvalue weighted by Gasteiger charge is -2.19. The Kier molecular flexibility index (Phi) is 6.81. The molecule has 0 radical (unpaired) electrons. The predicted octanol–water partition coefficient (Wildman–Crippen LogP) is 0.405. The monoisotopic (exact) mass is 166 g/mol. The van der Waals surface area contributed by atoms with Gasteiger partial charge in [0, 0.05) is 0 Å². The van der Waals surface area contributed by atoms with E-state index in [0.717, 1.165) is 6.61 Å². The molecular formula is C5H14N2O4. The van der Waals surface area contributed by atoms with E-state index in [4.69, 9.17) is 20.2 Å². The Morgan fingerprint density at radius 2 is 1.64 bits per heavy atom. The van der Waals surface area contributed by atoms with Crippen LogP contribution in [0.1, 0.15) is 6.92 Å². The van der Waals surface area contributed by atoms with Gasteiger partial charge in [-0.15, -0.1) is 0 Å². The first-order valence-corrected chi connectivity index (χ1v) is 3.07. The molecule has 0 N–H and O–H groups in total. The Morgan fingerprint density at radius 1 is 1.36 bits per heavy atom. The molecule has 0 heterocycles. The molecule has 6 heteroatoms. The van der Waals surface area contributed by atoms with Crippen molar-refractivity contribution in [3.63, 3.8) is 0 Å². The predicted molar refractivity (Wildman–Crippen MR) is 40.0 cm³/mol. The lowest BCUT2D eigenvalue weighted by molar-refractivity contribution is -1.06. The van der Waals surface area contributed by atoms with Gasteiger partial charge in [0.05, 0.1) is 26.2 Å². The molecule has 0 unspecified atom stereocenters. The van der Waals surface area contributed by atoms with Crippen LogP contribution in [-0.4, -0.2) is 37.5 Å². The maximum atomic E-state index is 8.25. The number of hydrogen-bond donors (Lipinski definition) is 0. The lowest BCUT2D eigenvalue weighted by Crippen LogP contribution is -2.34. The molecule has 68 valence electrons. The molecule has 0 saturated heterocycles. The summed E-state index contributed by atoms with van der Waals surface area (Å²) >= 11 is 0. The number of hydroxylamine groups is 3. The molecule has 0 atom stereocenters. The van der Waals surface area contributed by atoms with Gasteiger partial charge in [-0.2, -0.15) is 4.65 Å². The minimum atomic E-state index is -1.75. The van der Waals surface area contributed by atoms with Crippen molar-refractivity contribution in [3.05, 3.63) is 15.3 Å². The normalized spacial score (nSPS) is 9.82. The highest BCUT2D eigenvalue weighted by Crippen LogP contribution is 1.88. The fraction of sp³-hybridized carbons (Fsp3) is 1.00. The molecule has 0 aromatic heterocycles. The van der Waals surface area contributed by atoms with Gasteiger partial charge in [-0.1, -0.05) is 0 Å². The van der Waals surface area contributed by atoms with E-state index in [9.17, 15) is 0 Å². The Hall–Kier alpha value is -0.880. The van der Waals surface area contributed by atoms with Crippen LogP contribution >= 0.6 is 0 Å². The van der Waals surface area contributed by atoms with E-state index in [1.807, 2.05) is 28.1 Å². The summed E-state index contributed by atoms with van der Waals surface area (Å²) in [7, 11) is 5.97. The maximum Gasteiger partial charge on any atom is 0.103 e. The number of nitrogens with zero attached hydrogens (tertiary/aromatic N) is 2. The molecule has 0 fully saturated rings. The van der Waals surface area contributed by atoms with Crippen LogP contribution in [-0.2, 0) is 4.84 Å². The summed E-state index contributed by atoms with van der Waals surface area (Å²) < 4.78 is 0.594. The van der Waals surface area contributed by atoms with Crippen molar-refractivity contribution in [1.82, 2.24) is 0 Å². The van der Waals surface area contributed by atoms with Gasteiger partial charge in [-0.25, -0.2) is 4.84 Å². The SMILES string of the molecule is CCO[N+](C)(C)C.O=[N+]([O-])[O-]. The van der Waals surface area contributed by atoms with Crippen LogP contribution in [0.4, 0.5) is 0 Å². The average molecular weight is 166 g/mol.